The molecule has 0 heterocycles. The standard InChI is InChI=1S/C7H16N2O2S/c1-6(9-12(8,10)11)7-4-2-3-5-7/h6-7,9H,2-5H2,1H3,(H2,8,10,11)/t6-/m0/s1. The zero-order valence-corrected chi connectivity index (χ0v) is 8.10. The zero-order valence-electron chi connectivity index (χ0n) is 7.29. The Hall–Kier alpha value is -0.130. The van der Waals surface area contributed by atoms with E-state index in [2.05, 4.69) is 4.72 Å². The lowest BCUT2D eigenvalue weighted by molar-refractivity contribution is 0.424. The molecule has 1 rings (SSSR count). The monoisotopic (exact) mass is 192 g/mol. The number of hydrogen-bond acceptors (Lipinski definition) is 2. The maximum absolute atomic E-state index is 10.7. The molecule has 5 heteroatoms. The summed E-state index contributed by atoms with van der Waals surface area (Å²) in [5, 5.41) is 4.87. The van der Waals surface area contributed by atoms with E-state index in [1.54, 1.807) is 0 Å². The second-order valence-electron chi connectivity index (χ2n) is 3.50. The molecule has 1 aliphatic rings. The molecular formula is C7H16N2O2S. The molecule has 1 atom stereocenters. The largest absolute Gasteiger partial charge is 0.274 e. The first kappa shape index (κ1) is 9.95. The van der Waals surface area contributed by atoms with Crippen LogP contribution in [-0.4, -0.2) is 14.5 Å². The van der Waals surface area contributed by atoms with Gasteiger partial charge >= 0.3 is 0 Å². The highest BCUT2D eigenvalue weighted by molar-refractivity contribution is 7.87. The van der Waals surface area contributed by atoms with Crippen molar-refractivity contribution in [1.82, 2.24) is 4.72 Å². The highest BCUT2D eigenvalue weighted by Crippen LogP contribution is 2.27. The molecule has 12 heavy (non-hydrogen) atoms. The number of hydrogen-bond donors (Lipinski definition) is 2. The molecule has 1 fully saturated rings. The van der Waals surface area contributed by atoms with Gasteiger partial charge in [0.05, 0.1) is 0 Å². The van der Waals surface area contributed by atoms with Gasteiger partial charge in [-0.3, -0.25) is 0 Å². The van der Waals surface area contributed by atoms with E-state index >= 15 is 0 Å². The smallest absolute Gasteiger partial charge is 0.216 e. The highest BCUT2D eigenvalue weighted by Gasteiger charge is 2.23. The van der Waals surface area contributed by atoms with Gasteiger partial charge in [-0.1, -0.05) is 12.8 Å². The third kappa shape index (κ3) is 3.08. The molecule has 1 aliphatic carbocycles. The van der Waals surface area contributed by atoms with Crippen molar-refractivity contribution in [2.24, 2.45) is 11.1 Å². The Kier molecular flexibility index (Phi) is 3.09. The van der Waals surface area contributed by atoms with Crippen LogP contribution in [0.3, 0.4) is 0 Å². The van der Waals surface area contributed by atoms with Gasteiger partial charge in [0, 0.05) is 6.04 Å². The molecule has 72 valence electrons. The Labute approximate surface area is 73.7 Å². The molecule has 0 aliphatic heterocycles. The van der Waals surface area contributed by atoms with Crippen LogP contribution in [0.5, 0.6) is 0 Å². The summed E-state index contributed by atoms with van der Waals surface area (Å²) in [6.45, 7) is 1.88. The van der Waals surface area contributed by atoms with Crippen LogP contribution in [-0.2, 0) is 10.2 Å². The maximum atomic E-state index is 10.7. The lowest BCUT2D eigenvalue weighted by Gasteiger charge is -2.18. The molecule has 0 amide bonds. The molecule has 3 N–H and O–H groups in total. The van der Waals surface area contributed by atoms with Crippen LogP contribution in [0.25, 0.3) is 0 Å². The Bertz CT molecular complexity index is 232. The molecule has 0 aromatic rings. The van der Waals surface area contributed by atoms with Crippen LogP contribution in [0.15, 0.2) is 0 Å². The maximum Gasteiger partial charge on any atom is 0.274 e. The Morgan fingerprint density at radius 1 is 1.42 bits per heavy atom. The quantitative estimate of drug-likeness (QED) is 0.677. The minimum atomic E-state index is -3.51. The topological polar surface area (TPSA) is 72.2 Å². The van der Waals surface area contributed by atoms with E-state index in [0.717, 1.165) is 12.8 Å². The van der Waals surface area contributed by atoms with Crippen molar-refractivity contribution in [3.05, 3.63) is 0 Å². The summed E-state index contributed by atoms with van der Waals surface area (Å²) in [6, 6.07) is -0.0116. The van der Waals surface area contributed by atoms with Gasteiger partial charge < -0.3 is 0 Å². The van der Waals surface area contributed by atoms with E-state index < -0.39 is 10.2 Å². The van der Waals surface area contributed by atoms with E-state index in [9.17, 15) is 8.42 Å². The molecule has 0 saturated heterocycles. The second-order valence-corrected chi connectivity index (χ2v) is 4.82. The molecule has 0 bridgehead atoms. The van der Waals surface area contributed by atoms with Crippen molar-refractivity contribution in [2.75, 3.05) is 0 Å². The van der Waals surface area contributed by atoms with Gasteiger partial charge in [-0.2, -0.15) is 13.1 Å². The van der Waals surface area contributed by atoms with Crippen molar-refractivity contribution in [2.45, 2.75) is 38.6 Å². The Balaban J connectivity index is 2.42. The first-order valence-electron chi connectivity index (χ1n) is 4.29. The third-order valence-corrected chi connectivity index (χ3v) is 3.16. The van der Waals surface area contributed by atoms with Gasteiger partial charge in [0.25, 0.3) is 10.2 Å². The summed E-state index contributed by atoms with van der Waals surface area (Å²) in [5.74, 6) is 0.475. The minimum absolute atomic E-state index is 0.0116. The lowest BCUT2D eigenvalue weighted by atomic mass is 10.0. The molecule has 4 nitrogen and oxygen atoms in total. The second kappa shape index (κ2) is 3.72. The van der Waals surface area contributed by atoms with E-state index in [1.165, 1.54) is 12.8 Å². The fourth-order valence-electron chi connectivity index (χ4n) is 1.81. The number of rotatable bonds is 3. The Morgan fingerprint density at radius 3 is 2.33 bits per heavy atom. The van der Waals surface area contributed by atoms with Crippen LogP contribution >= 0.6 is 0 Å². The van der Waals surface area contributed by atoms with Crippen LogP contribution < -0.4 is 9.86 Å². The summed E-state index contributed by atoms with van der Waals surface area (Å²) >= 11 is 0. The number of nitrogens with two attached hydrogens (primary N) is 1. The predicted molar refractivity (Wildman–Crippen MR) is 47.7 cm³/mol. The van der Waals surface area contributed by atoms with E-state index in [0.29, 0.717) is 5.92 Å². The normalized spacial score (nSPS) is 22.8. The van der Waals surface area contributed by atoms with Crippen LogP contribution in [0.4, 0.5) is 0 Å². The molecule has 0 radical (unpaired) electrons. The van der Waals surface area contributed by atoms with Gasteiger partial charge in [-0.25, -0.2) is 5.14 Å². The van der Waals surface area contributed by atoms with Gasteiger partial charge in [-0.05, 0) is 25.7 Å². The zero-order chi connectivity index (χ0) is 9.19. The fourth-order valence-corrected chi connectivity index (χ4v) is 2.52. The van der Waals surface area contributed by atoms with Crippen molar-refractivity contribution in [3.63, 3.8) is 0 Å². The molecular weight excluding hydrogens is 176 g/mol. The summed E-state index contributed by atoms with van der Waals surface area (Å²) in [6.07, 6.45) is 4.65. The fraction of sp³-hybridized carbons (Fsp3) is 1.00. The van der Waals surface area contributed by atoms with Crippen LogP contribution in [0, 0.1) is 5.92 Å². The summed E-state index contributed by atoms with van der Waals surface area (Å²) in [4.78, 5) is 0. The summed E-state index contributed by atoms with van der Waals surface area (Å²) in [7, 11) is -3.51. The van der Waals surface area contributed by atoms with Gasteiger partial charge in [0.1, 0.15) is 0 Å². The molecule has 0 unspecified atom stereocenters. The average Bonchev–Trinajstić information content (AvgIpc) is 2.32. The summed E-state index contributed by atoms with van der Waals surface area (Å²) in [5.41, 5.74) is 0. The van der Waals surface area contributed by atoms with Crippen LogP contribution in [0.1, 0.15) is 32.6 Å². The molecule has 0 aromatic carbocycles. The van der Waals surface area contributed by atoms with E-state index in [4.69, 9.17) is 5.14 Å². The average molecular weight is 192 g/mol. The first-order valence-corrected chi connectivity index (χ1v) is 5.84. The van der Waals surface area contributed by atoms with Crippen LogP contribution in [0.2, 0.25) is 0 Å². The minimum Gasteiger partial charge on any atom is -0.216 e. The number of nitrogens with one attached hydrogen (secondary N) is 1. The Morgan fingerprint density at radius 2 is 1.92 bits per heavy atom. The van der Waals surface area contributed by atoms with Gasteiger partial charge in [0.2, 0.25) is 0 Å². The molecule has 0 aromatic heterocycles. The molecule has 0 spiro atoms. The van der Waals surface area contributed by atoms with E-state index in [1.807, 2.05) is 6.92 Å². The van der Waals surface area contributed by atoms with Crippen molar-refractivity contribution in [1.29, 1.82) is 0 Å². The third-order valence-electron chi connectivity index (χ3n) is 2.46. The van der Waals surface area contributed by atoms with Crippen molar-refractivity contribution in [3.8, 4) is 0 Å². The van der Waals surface area contributed by atoms with Crippen molar-refractivity contribution >= 4 is 10.2 Å². The van der Waals surface area contributed by atoms with E-state index in [-0.39, 0.29) is 6.04 Å². The summed E-state index contributed by atoms with van der Waals surface area (Å²) < 4.78 is 23.7. The first-order chi connectivity index (χ1) is 5.49. The molecule has 1 saturated carbocycles. The highest BCUT2D eigenvalue weighted by atomic mass is 32.2. The lowest BCUT2D eigenvalue weighted by Crippen LogP contribution is -2.41. The predicted octanol–water partition coefficient (Wildman–Crippen LogP) is 0.358. The van der Waals surface area contributed by atoms with Gasteiger partial charge in [-0.15, -0.1) is 0 Å². The van der Waals surface area contributed by atoms with Crippen molar-refractivity contribution < 1.29 is 8.42 Å². The van der Waals surface area contributed by atoms with Gasteiger partial charge in [0.15, 0.2) is 0 Å². The SMILES string of the molecule is C[C@H](NS(N)(=O)=O)C1CCCC1.